The Morgan fingerprint density at radius 3 is 2.74 bits per heavy atom. The van der Waals surface area contributed by atoms with Crippen LogP contribution in [0.15, 0.2) is 24.4 Å². The Kier molecular flexibility index (Phi) is 5.98. The van der Waals surface area contributed by atoms with Crippen molar-refractivity contribution >= 4 is 29.2 Å². The number of halogens is 2. The van der Waals surface area contributed by atoms with Crippen LogP contribution in [-0.2, 0) is 11.3 Å². The second kappa shape index (κ2) is 7.77. The van der Waals surface area contributed by atoms with Crippen molar-refractivity contribution in [3.8, 4) is 5.69 Å². The first-order chi connectivity index (χ1) is 10.9. The van der Waals surface area contributed by atoms with Crippen LogP contribution >= 0.6 is 23.2 Å². The molecule has 0 spiro atoms. The minimum absolute atomic E-state index is 0.284. The summed E-state index contributed by atoms with van der Waals surface area (Å²) in [4.78, 5) is 11.2. The van der Waals surface area contributed by atoms with Crippen molar-refractivity contribution in [1.29, 1.82) is 0 Å². The Morgan fingerprint density at radius 1 is 1.39 bits per heavy atom. The van der Waals surface area contributed by atoms with Crippen molar-refractivity contribution in [2.45, 2.75) is 32.9 Å². The molecule has 0 aliphatic rings. The van der Waals surface area contributed by atoms with E-state index in [2.05, 4.69) is 15.6 Å². The lowest BCUT2D eigenvalue weighted by atomic mass is 10.0. The Labute approximate surface area is 144 Å². The van der Waals surface area contributed by atoms with Crippen LogP contribution in [0.5, 0.6) is 0 Å². The normalized spacial score (nSPS) is 12.6. The van der Waals surface area contributed by atoms with Crippen LogP contribution in [0.4, 0.5) is 0 Å². The molecule has 8 heteroatoms. The molecular weight excluding hydrogens is 339 g/mol. The van der Waals surface area contributed by atoms with Crippen molar-refractivity contribution < 1.29 is 9.90 Å². The smallest absolute Gasteiger partial charge is 0.320 e. The molecule has 1 heterocycles. The molecule has 1 aromatic carbocycles. The quantitative estimate of drug-likeness (QED) is 0.796. The summed E-state index contributed by atoms with van der Waals surface area (Å²) in [6.07, 6.45) is 2.25. The molecule has 0 radical (unpaired) electrons. The van der Waals surface area contributed by atoms with Gasteiger partial charge in [-0.1, -0.05) is 42.3 Å². The van der Waals surface area contributed by atoms with E-state index in [1.54, 1.807) is 24.4 Å². The molecule has 0 aliphatic carbocycles. The molecule has 124 valence electrons. The maximum absolute atomic E-state index is 11.2. The van der Waals surface area contributed by atoms with Gasteiger partial charge in [-0.2, -0.15) is 0 Å². The largest absolute Gasteiger partial charge is 0.480 e. The highest BCUT2D eigenvalue weighted by molar-refractivity contribution is 6.35. The molecule has 2 N–H and O–H groups in total. The van der Waals surface area contributed by atoms with Crippen LogP contribution in [0, 0.1) is 5.92 Å². The monoisotopic (exact) mass is 356 g/mol. The first kappa shape index (κ1) is 17.7. The summed E-state index contributed by atoms with van der Waals surface area (Å²) in [6, 6.07) is 4.47. The molecule has 1 aromatic heterocycles. The summed E-state index contributed by atoms with van der Waals surface area (Å²) in [5, 5.41) is 21.2. The molecule has 6 nitrogen and oxygen atoms in total. The van der Waals surface area contributed by atoms with Gasteiger partial charge in [0, 0.05) is 11.6 Å². The van der Waals surface area contributed by atoms with Crippen LogP contribution < -0.4 is 5.32 Å². The van der Waals surface area contributed by atoms with E-state index in [4.69, 9.17) is 23.2 Å². The highest BCUT2D eigenvalue weighted by Gasteiger charge is 2.18. The van der Waals surface area contributed by atoms with Crippen molar-refractivity contribution in [2.75, 3.05) is 0 Å². The molecule has 1 unspecified atom stereocenters. The average molecular weight is 357 g/mol. The van der Waals surface area contributed by atoms with Crippen LogP contribution in [0.25, 0.3) is 5.69 Å². The lowest BCUT2D eigenvalue weighted by Gasteiger charge is -2.15. The number of nitrogens with zero attached hydrogens (tertiary/aromatic N) is 3. The van der Waals surface area contributed by atoms with E-state index in [1.165, 1.54) is 4.68 Å². The molecule has 2 aromatic rings. The van der Waals surface area contributed by atoms with Gasteiger partial charge in [0.05, 0.1) is 22.6 Å². The van der Waals surface area contributed by atoms with Crippen LogP contribution in [-0.4, -0.2) is 32.1 Å². The van der Waals surface area contributed by atoms with Gasteiger partial charge >= 0.3 is 5.97 Å². The summed E-state index contributed by atoms with van der Waals surface area (Å²) in [5.41, 5.74) is 1.29. The van der Waals surface area contributed by atoms with E-state index < -0.39 is 12.0 Å². The topological polar surface area (TPSA) is 80.0 Å². The number of carbonyl (C=O) groups is 1. The average Bonchev–Trinajstić information content (AvgIpc) is 2.91. The molecular formula is C15H18Cl2N4O2. The standard InChI is InChI=1S/C15H18Cl2N4O2/c1-9(2)5-13(15(22)23)18-7-11-8-21(20-19-11)14-4-3-10(16)6-12(14)17/h3-4,6,8-9,13,18H,5,7H2,1-2H3,(H,22,23). The Morgan fingerprint density at radius 2 is 2.13 bits per heavy atom. The fourth-order valence-corrected chi connectivity index (χ4v) is 2.63. The zero-order chi connectivity index (χ0) is 17.0. The molecule has 0 saturated carbocycles. The van der Waals surface area contributed by atoms with Crippen molar-refractivity contribution in [1.82, 2.24) is 20.3 Å². The number of carboxylic acids is 1. The summed E-state index contributed by atoms with van der Waals surface area (Å²) < 4.78 is 1.54. The number of hydrogen-bond acceptors (Lipinski definition) is 4. The van der Waals surface area contributed by atoms with E-state index in [9.17, 15) is 9.90 Å². The number of benzene rings is 1. The lowest BCUT2D eigenvalue weighted by Crippen LogP contribution is -2.37. The van der Waals surface area contributed by atoms with Gasteiger partial charge in [-0.15, -0.1) is 5.10 Å². The van der Waals surface area contributed by atoms with Crippen LogP contribution in [0.3, 0.4) is 0 Å². The van der Waals surface area contributed by atoms with Crippen molar-refractivity contribution in [3.05, 3.63) is 40.1 Å². The summed E-state index contributed by atoms with van der Waals surface area (Å²) in [7, 11) is 0. The first-order valence-corrected chi connectivity index (χ1v) is 7.95. The Bertz CT molecular complexity index is 688. The molecule has 23 heavy (non-hydrogen) atoms. The summed E-state index contributed by atoms with van der Waals surface area (Å²) in [6.45, 7) is 4.28. The van der Waals surface area contributed by atoms with Gasteiger partial charge < -0.3 is 5.11 Å². The molecule has 0 amide bonds. The van der Waals surface area contributed by atoms with E-state index in [1.807, 2.05) is 13.8 Å². The zero-order valence-corrected chi connectivity index (χ0v) is 14.3. The number of aliphatic carboxylic acids is 1. The van der Waals surface area contributed by atoms with Gasteiger partial charge in [0.1, 0.15) is 6.04 Å². The second-order valence-corrected chi connectivity index (χ2v) is 6.50. The van der Waals surface area contributed by atoms with Gasteiger partial charge in [-0.25, -0.2) is 4.68 Å². The zero-order valence-electron chi connectivity index (χ0n) is 12.8. The van der Waals surface area contributed by atoms with Gasteiger partial charge in [0.2, 0.25) is 0 Å². The molecule has 0 bridgehead atoms. The third-order valence-corrected chi connectivity index (χ3v) is 3.77. The molecule has 1 atom stereocenters. The van der Waals surface area contributed by atoms with E-state index in [-0.39, 0.29) is 5.92 Å². The van der Waals surface area contributed by atoms with E-state index in [0.29, 0.717) is 34.4 Å². The first-order valence-electron chi connectivity index (χ1n) is 7.19. The van der Waals surface area contributed by atoms with E-state index >= 15 is 0 Å². The molecule has 0 saturated heterocycles. The third kappa shape index (κ3) is 4.92. The van der Waals surface area contributed by atoms with Gasteiger partial charge in [0.25, 0.3) is 0 Å². The van der Waals surface area contributed by atoms with E-state index in [0.717, 1.165) is 0 Å². The van der Waals surface area contributed by atoms with Gasteiger partial charge in [-0.3, -0.25) is 10.1 Å². The highest BCUT2D eigenvalue weighted by atomic mass is 35.5. The fourth-order valence-electron chi connectivity index (χ4n) is 2.13. The minimum atomic E-state index is -0.869. The lowest BCUT2D eigenvalue weighted by molar-refractivity contribution is -0.140. The minimum Gasteiger partial charge on any atom is -0.480 e. The van der Waals surface area contributed by atoms with Gasteiger partial charge in [-0.05, 0) is 30.5 Å². The Balaban J connectivity index is 2.06. The van der Waals surface area contributed by atoms with Crippen LogP contribution in [0.1, 0.15) is 26.0 Å². The Hall–Kier alpha value is -1.63. The van der Waals surface area contributed by atoms with Crippen molar-refractivity contribution in [2.24, 2.45) is 5.92 Å². The van der Waals surface area contributed by atoms with Crippen molar-refractivity contribution in [3.63, 3.8) is 0 Å². The summed E-state index contributed by atoms with van der Waals surface area (Å²) >= 11 is 12.0. The number of carboxylic acid groups (broad SMARTS) is 1. The maximum atomic E-state index is 11.2. The number of rotatable bonds is 7. The van der Waals surface area contributed by atoms with Crippen LogP contribution in [0.2, 0.25) is 10.0 Å². The number of aromatic nitrogens is 3. The number of hydrogen-bond donors (Lipinski definition) is 2. The van der Waals surface area contributed by atoms with Gasteiger partial charge in [0.15, 0.2) is 0 Å². The second-order valence-electron chi connectivity index (χ2n) is 5.65. The molecule has 0 aliphatic heterocycles. The molecule has 2 rings (SSSR count). The fraction of sp³-hybridized carbons (Fsp3) is 0.400. The SMILES string of the molecule is CC(C)CC(NCc1cn(-c2ccc(Cl)cc2Cl)nn1)C(=O)O. The third-order valence-electron chi connectivity index (χ3n) is 3.23. The molecule has 0 fully saturated rings. The number of nitrogens with one attached hydrogen (secondary N) is 1. The maximum Gasteiger partial charge on any atom is 0.320 e. The summed E-state index contributed by atoms with van der Waals surface area (Å²) in [5.74, 6) is -0.584. The predicted octanol–water partition coefficient (Wildman–Crippen LogP) is 3.16. The highest BCUT2D eigenvalue weighted by Crippen LogP contribution is 2.23. The predicted molar refractivity (Wildman–Crippen MR) is 89.1 cm³/mol.